The van der Waals surface area contributed by atoms with Crippen molar-refractivity contribution in [1.82, 2.24) is 19.1 Å². The Bertz CT molecular complexity index is 6930. The molecule has 0 N–H and O–H groups in total. The van der Waals surface area contributed by atoms with Crippen molar-refractivity contribution in [2.24, 2.45) is 0 Å². The molecule has 22 rings (SSSR count). The van der Waals surface area contributed by atoms with Gasteiger partial charge < -0.3 is 0 Å². The summed E-state index contributed by atoms with van der Waals surface area (Å²) in [6.45, 7) is 0. The summed E-state index contributed by atoms with van der Waals surface area (Å²) in [5.41, 5.74) is 23.1. The molecule has 0 amide bonds. The number of imidazole rings is 2. The van der Waals surface area contributed by atoms with Gasteiger partial charge >= 0.3 is 0 Å². The van der Waals surface area contributed by atoms with Crippen molar-refractivity contribution >= 4 is 108 Å². The average molecular weight is 1400 g/mol. The number of fused-ring (bicyclic) bond motifs is 10. The Morgan fingerprint density at radius 2 is 0.400 bits per heavy atom. The number of nitrogens with zero attached hydrogens (tertiary/aromatic N) is 4. The summed E-state index contributed by atoms with van der Waals surface area (Å²) < 4.78 is 4.52. The first-order valence-electron chi connectivity index (χ1n) is 37.7. The zero-order valence-electron chi connectivity index (χ0n) is 60.0. The van der Waals surface area contributed by atoms with Crippen LogP contribution in [0.25, 0.3) is 209 Å². The Morgan fingerprint density at radius 1 is 0.155 bits per heavy atom. The molecule has 0 spiro atoms. The van der Waals surface area contributed by atoms with E-state index in [0.29, 0.717) is 0 Å². The third-order valence-corrected chi connectivity index (χ3v) is 22.3. The van der Waals surface area contributed by atoms with E-state index in [2.05, 4.69) is 422 Å². The van der Waals surface area contributed by atoms with Gasteiger partial charge in [0.05, 0.1) is 22.1 Å². The van der Waals surface area contributed by atoms with Crippen LogP contribution in [0.15, 0.2) is 413 Å². The monoisotopic (exact) mass is 1400 g/mol. The van der Waals surface area contributed by atoms with E-state index >= 15 is 0 Å². The first-order chi connectivity index (χ1) is 54.5. The maximum atomic E-state index is 5.12. The first kappa shape index (κ1) is 63.9. The van der Waals surface area contributed by atoms with Gasteiger partial charge in [-0.3, -0.25) is 9.13 Å². The second-order valence-corrected chi connectivity index (χ2v) is 28.7. The number of hydrogen-bond donors (Lipinski definition) is 0. The van der Waals surface area contributed by atoms with Crippen molar-refractivity contribution < 1.29 is 0 Å². The van der Waals surface area contributed by atoms with E-state index in [9.17, 15) is 0 Å². The van der Waals surface area contributed by atoms with E-state index in [0.717, 1.165) is 67.3 Å². The summed E-state index contributed by atoms with van der Waals surface area (Å²) in [5, 5.41) is 19.9. The SMILES string of the molecule is c1ccc(-n2c(-c3ccc(-c4ccc5c(-c6ccc7ccccc7c6)c6ccccc6c(-c6ccc7ccccc7c6)c5c4)cc3)nc3ccccc32)cc1.c1ccc(-n2c(-c3ccc(-c4ccc5c(-c6ccc7ccccc7c6)c6ccccc6c(-c6ccc7ccccc7c6)c5c4)cc3)nc3ccccc32)cc1. The van der Waals surface area contributed by atoms with Crippen LogP contribution in [0.2, 0.25) is 0 Å². The van der Waals surface area contributed by atoms with Gasteiger partial charge in [0.15, 0.2) is 0 Å². The van der Waals surface area contributed by atoms with Crippen LogP contribution in [-0.4, -0.2) is 19.1 Å². The van der Waals surface area contributed by atoms with Gasteiger partial charge in [0.1, 0.15) is 11.6 Å². The minimum absolute atomic E-state index is 0.933. The summed E-state index contributed by atoms with van der Waals surface area (Å²) in [7, 11) is 0. The third-order valence-electron chi connectivity index (χ3n) is 22.3. The van der Waals surface area contributed by atoms with Crippen LogP contribution >= 0.6 is 0 Å². The van der Waals surface area contributed by atoms with Crippen molar-refractivity contribution in [2.45, 2.75) is 0 Å². The van der Waals surface area contributed by atoms with Gasteiger partial charge in [-0.15, -0.1) is 0 Å². The lowest BCUT2D eigenvalue weighted by atomic mass is 9.84. The zero-order chi connectivity index (χ0) is 72.6. The van der Waals surface area contributed by atoms with Crippen LogP contribution in [0.4, 0.5) is 0 Å². The van der Waals surface area contributed by atoms with Gasteiger partial charge in [-0.25, -0.2) is 9.97 Å². The molecule has 0 aliphatic rings. The molecule has 0 aliphatic heterocycles. The maximum Gasteiger partial charge on any atom is 0.145 e. The predicted octanol–water partition coefficient (Wildman–Crippen LogP) is 28.6. The molecule has 0 saturated carbocycles. The second kappa shape index (κ2) is 26.8. The molecule has 4 nitrogen and oxygen atoms in total. The Hall–Kier alpha value is -14.6. The Labute approximate surface area is 636 Å². The summed E-state index contributed by atoms with van der Waals surface area (Å²) in [5.74, 6) is 1.87. The Kier molecular flexibility index (Phi) is 15.5. The lowest BCUT2D eigenvalue weighted by Crippen LogP contribution is -1.97. The van der Waals surface area contributed by atoms with Gasteiger partial charge in [-0.2, -0.15) is 0 Å². The fraction of sp³-hybridized carbons (Fsp3) is 0. The van der Waals surface area contributed by atoms with E-state index < -0.39 is 0 Å². The van der Waals surface area contributed by atoms with Gasteiger partial charge in [0.25, 0.3) is 0 Å². The highest BCUT2D eigenvalue weighted by atomic mass is 15.1. The van der Waals surface area contributed by atoms with E-state index in [-0.39, 0.29) is 0 Å². The van der Waals surface area contributed by atoms with Gasteiger partial charge in [-0.05, 0) is 238 Å². The van der Waals surface area contributed by atoms with Gasteiger partial charge in [-0.1, -0.05) is 328 Å². The lowest BCUT2D eigenvalue weighted by molar-refractivity contribution is 1.10. The van der Waals surface area contributed by atoms with Crippen LogP contribution < -0.4 is 0 Å². The fourth-order valence-electron chi connectivity index (χ4n) is 17.1. The molecule has 110 heavy (non-hydrogen) atoms. The zero-order valence-corrected chi connectivity index (χ0v) is 60.0. The summed E-state index contributed by atoms with van der Waals surface area (Å²) in [4.78, 5) is 10.2. The Balaban J connectivity index is 0.000000140. The van der Waals surface area contributed by atoms with Crippen molar-refractivity contribution in [3.05, 3.63) is 413 Å². The fourth-order valence-corrected chi connectivity index (χ4v) is 17.1. The number of hydrogen-bond acceptors (Lipinski definition) is 2. The van der Waals surface area contributed by atoms with Crippen LogP contribution in [0.5, 0.6) is 0 Å². The van der Waals surface area contributed by atoms with E-state index in [1.54, 1.807) is 0 Å². The summed E-state index contributed by atoms with van der Waals surface area (Å²) in [6, 6.07) is 150. The van der Waals surface area contributed by atoms with Crippen molar-refractivity contribution in [3.8, 4) is 101 Å². The molecule has 0 bridgehead atoms. The quantitative estimate of drug-likeness (QED) is 0.128. The normalized spacial score (nSPS) is 11.6. The van der Waals surface area contributed by atoms with Crippen molar-refractivity contribution in [3.63, 3.8) is 0 Å². The highest BCUT2D eigenvalue weighted by molar-refractivity contribution is 6.24. The largest absolute Gasteiger partial charge is 0.292 e. The molecule has 2 heterocycles. The van der Waals surface area contributed by atoms with E-state index in [4.69, 9.17) is 9.97 Å². The minimum atomic E-state index is 0.933. The lowest BCUT2D eigenvalue weighted by Gasteiger charge is -2.19. The molecular formula is C106H68N4. The van der Waals surface area contributed by atoms with Crippen LogP contribution in [-0.2, 0) is 0 Å². The molecule has 2 aromatic heterocycles. The molecule has 4 heteroatoms. The van der Waals surface area contributed by atoms with Crippen LogP contribution in [0.3, 0.4) is 0 Å². The molecule has 0 aliphatic carbocycles. The molecule has 20 aromatic carbocycles. The molecule has 0 unspecified atom stereocenters. The number of aromatic nitrogens is 4. The van der Waals surface area contributed by atoms with Gasteiger partial charge in [0.2, 0.25) is 0 Å². The molecule has 0 atom stereocenters. The highest BCUT2D eigenvalue weighted by Gasteiger charge is 2.23. The van der Waals surface area contributed by atoms with Gasteiger partial charge in [0, 0.05) is 22.5 Å². The standard InChI is InChI=1S/2C53H34N2/c2*1-2-16-44(17-3-1)55-50-21-11-10-20-49(50)54-53(55)38-26-22-37(23-27-38)41-30-31-47-48(34-41)52(43-29-25-36-13-5-7-15-40(36)33-43)46-19-9-8-18-45(46)51(47)42-28-24-35-12-4-6-14-39(35)32-42/h2*1-34H. The summed E-state index contributed by atoms with van der Waals surface area (Å²) in [6.07, 6.45) is 0. The minimum Gasteiger partial charge on any atom is -0.292 e. The maximum absolute atomic E-state index is 5.12. The average Bonchev–Trinajstić information content (AvgIpc) is 1.00. The summed E-state index contributed by atoms with van der Waals surface area (Å²) >= 11 is 0. The van der Waals surface area contributed by atoms with Crippen LogP contribution in [0.1, 0.15) is 0 Å². The molecular weight excluding hydrogens is 1330 g/mol. The van der Waals surface area contributed by atoms with E-state index in [1.165, 1.54) is 142 Å². The number of rotatable bonds is 10. The third kappa shape index (κ3) is 11.2. The first-order valence-corrected chi connectivity index (χ1v) is 37.7. The number of benzene rings is 20. The predicted molar refractivity (Wildman–Crippen MR) is 466 cm³/mol. The molecule has 22 aromatic rings. The van der Waals surface area contributed by atoms with E-state index in [1.807, 2.05) is 0 Å². The Morgan fingerprint density at radius 3 is 0.736 bits per heavy atom. The topological polar surface area (TPSA) is 35.6 Å². The van der Waals surface area contributed by atoms with Crippen molar-refractivity contribution in [2.75, 3.05) is 0 Å². The highest BCUT2D eigenvalue weighted by Crippen LogP contribution is 2.49. The molecule has 0 fully saturated rings. The smallest absolute Gasteiger partial charge is 0.145 e. The van der Waals surface area contributed by atoms with Crippen molar-refractivity contribution in [1.29, 1.82) is 0 Å². The molecule has 512 valence electrons. The van der Waals surface area contributed by atoms with Crippen LogP contribution in [0, 0.1) is 0 Å². The second-order valence-electron chi connectivity index (χ2n) is 28.7. The number of para-hydroxylation sites is 6. The molecule has 0 radical (unpaired) electrons. The molecule has 0 saturated heterocycles.